The summed E-state index contributed by atoms with van der Waals surface area (Å²) in [6, 6.07) is 0. The molecule has 0 aromatic heterocycles. The van der Waals surface area contributed by atoms with Crippen LogP contribution in [0, 0.1) is 5.92 Å². The van der Waals surface area contributed by atoms with Gasteiger partial charge >= 0.3 is 0 Å². The maximum atomic E-state index is 11.4. The molecule has 5 heteroatoms. The highest BCUT2D eigenvalue weighted by Crippen LogP contribution is 2.15. The average molecular weight is 199 g/mol. The van der Waals surface area contributed by atoms with Crippen LogP contribution < -0.4 is 10.6 Å². The molecule has 1 heterocycles. The monoisotopic (exact) mass is 199 g/mol. The zero-order valence-electron chi connectivity index (χ0n) is 8.67. The van der Waals surface area contributed by atoms with Crippen LogP contribution in [0.1, 0.15) is 6.42 Å². The first-order valence-corrected chi connectivity index (χ1v) is 4.83. The SMILES string of the molecule is CNCC(=O)N1CCC(C(=O)NC)C1. The van der Waals surface area contributed by atoms with E-state index in [4.69, 9.17) is 0 Å². The second-order valence-corrected chi connectivity index (χ2v) is 3.47. The van der Waals surface area contributed by atoms with Gasteiger partial charge in [-0.05, 0) is 13.5 Å². The van der Waals surface area contributed by atoms with E-state index >= 15 is 0 Å². The second kappa shape index (κ2) is 4.95. The van der Waals surface area contributed by atoms with Gasteiger partial charge in [-0.15, -0.1) is 0 Å². The van der Waals surface area contributed by atoms with E-state index in [2.05, 4.69) is 10.6 Å². The number of likely N-dealkylation sites (N-methyl/N-ethyl adjacent to an activating group) is 1. The number of carbonyl (C=O) groups is 2. The first-order chi connectivity index (χ1) is 6.69. The molecule has 1 rings (SSSR count). The summed E-state index contributed by atoms with van der Waals surface area (Å²) < 4.78 is 0. The summed E-state index contributed by atoms with van der Waals surface area (Å²) in [6.45, 7) is 1.60. The van der Waals surface area contributed by atoms with Gasteiger partial charge in [0.15, 0.2) is 0 Å². The molecule has 14 heavy (non-hydrogen) atoms. The molecule has 2 N–H and O–H groups in total. The number of nitrogens with zero attached hydrogens (tertiary/aromatic N) is 1. The first kappa shape index (κ1) is 11.0. The van der Waals surface area contributed by atoms with E-state index in [-0.39, 0.29) is 17.7 Å². The van der Waals surface area contributed by atoms with Gasteiger partial charge in [-0.1, -0.05) is 0 Å². The third-order valence-electron chi connectivity index (χ3n) is 2.49. The van der Waals surface area contributed by atoms with Crippen molar-refractivity contribution in [1.29, 1.82) is 0 Å². The summed E-state index contributed by atoms with van der Waals surface area (Å²) in [7, 11) is 3.37. The molecule has 1 atom stereocenters. The Bertz CT molecular complexity index is 230. The Morgan fingerprint density at radius 2 is 2.14 bits per heavy atom. The van der Waals surface area contributed by atoms with Crippen LogP contribution in [0.5, 0.6) is 0 Å². The minimum absolute atomic E-state index is 0.0270. The minimum Gasteiger partial charge on any atom is -0.359 e. The van der Waals surface area contributed by atoms with E-state index in [0.717, 1.165) is 6.42 Å². The maximum Gasteiger partial charge on any atom is 0.236 e. The van der Waals surface area contributed by atoms with Crippen molar-refractivity contribution in [2.45, 2.75) is 6.42 Å². The highest BCUT2D eigenvalue weighted by atomic mass is 16.2. The van der Waals surface area contributed by atoms with Crippen molar-refractivity contribution < 1.29 is 9.59 Å². The highest BCUT2D eigenvalue weighted by Gasteiger charge is 2.29. The van der Waals surface area contributed by atoms with Gasteiger partial charge in [0.1, 0.15) is 0 Å². The fraction of sp³-hybridized carbons (Fsp3) is 0.778. The van der Waals surface area contributed by atoms with E-state index in [0.29, 0.717) is 19.6 Å². The van der Waals surface area contributed by atoms with Gasteiger partial charge in [0.05, 0.1) is 12.5 Å². The lowest BCUT2D eigenvalue weighted by Crippen LogP contribution is -2.37. The number of likely N-dealkylation sites (tertiary alicyclic amines) is 1. The summed E-state index contributed by atoms with van der Waals surface area (Å²) in [6.07, 6.45) is 0.773. The predicted molar refractivity (Wildman–Crippen MR) is 52.7 cm³/mol. The molecule has 1 unspecified atom stereocenters. The summed E-state index contributed by atoms with van der Waals surface area (Å²) in [5, 5.41) is 5.42. The van der Waals surface area contributed by atoms with Crippen LogP contribution in [0.4, 0.5) is 0 Å². The molecule has 1 aliphatic rings. The number of amides is 2. The second-order valence-electron chi connectivity index (χ2n) is 3.47. The number of hydrogen-bond acceptors (Lipinski definition) is 3. The van der Waals surface area contributed by atoms with Crippen LogP contribution in [-0.2, 0) is 9.59 Å². The summed E-state index contributed by atoms with van der Waals surface area (Å²) in [5.41, 5.74) is 0. The number of nitrogens with one attached hydrogen (secondary N) is 2. The van der Waals surface area contributed by atoms with Crippen LogP contribution in [0.15, 0.2) is 0 Å². The molecule has 80 valence electrons. The number of carbonyl (C=O) groups excluding carboxylic acids is 2. The molecule has 0 aromatic carbocycles. The fourth-order valence-corrected chi connectivity index (χ4v) is 1.67. The van der Waals surface area contributed by atoms with Crippen molar-refractivity contribution in [1.82, 2.24) is 15.5 Å². The van der Waals surface area contributed by atoms with Crippen LogP contribution in [0.3, 0.4) is 0 Å². The van der Waals surface area contributed by atoms with Gasteiger partial charge in [0, 0.05) is 20.1 Å². The third-order valence-corrected chi connectivity index (χ3v) is 2.49. The van der Waals surface area contributed by atoms with E-state index in [1.165, 1.54) is 0 Å². The standard InChI is InChI=1S/C9H17N3O2/c1-10-5-8(13)12-4-3-7(6-12)9(14)11-2/h7,10H,3-6H2,1-2H3,(H,11,14). The Morgan fingerprint density at radius 3 is 2.71 bits per heavy atom. The zero-order valence-corrected chi connectivity index (χ0v) is 8.67. The normalized spacial score (nSPS) is 21.0. The average Bonchev–Trinajstić information content (AvgIpc) is 2.66. The molecule has 1 saturated heterocycles. The predicted octanol–water partition coefficient (Wildman–Crippen LogP) is -1.20. The van der Waals surface area contributed by atoms with Crippen molar-refractivity contribution in [2.24, 2.45) is 5.92 Å². The van der Waals surface area contributed by atoms with E-state index < -0.39 is 0 Å². The Hall–Kier alpha value is -1.10. The highest BCUT2D eigenvalue weighted by molar-refractivity contribution is 5.82. The summed E-state index contributed by atoms with van der Waals surface area (Å²) >= 11 is 0. The lowest BCUT2D eigenvalue weighted by Gasteiger charge is -2.15. The van der Waals surface area contributed by atoms with Crippen molar-refractivity contribution in [3.05, 3.63) is 0 Å². The molecule has 5 nitrogen and oxygen atoms in total. The molecule has 0 spiro atoms. The quantitative estimate of drug-likeness (QED) is 0.600. The first-order valence-electron chi connectivity index (χ1n) is 4.83. The molecular formula is C9H17N3O2. The molecule has 0 aromatic rings. The molecule has 0 aliphatic carbocycles. The molecule has 2 amide bonds. The van der Waals surface area contributed by atoms with Crippen LogP contribution >= 0.6 is 0 Å². The Kier molecular flexibility index (Phi) is 3.88. The molecule has 1 aliphatic heterocycles. The molecule has 1 fully saturated rings. The van der Waals surface area contributed by atoms with E-state index in [1.54, 1.807) is 19.0 Å². The molecule has 0 radical (unpaired) electrons. The zero-order chi connectivity index (χ0) is 10.6. The maximum absolute atomic E-state index is 11.4. The summed E-state index contributed by atoms with van der Waals surface area (Å²) in [4.78, 5) is 24.4. The summed E-state index contributed by atoms with van der Waals surface area (Å²) in [5.74, 6) is 0.0736. The molecule has 0 bridgehead atoms. The fourth-order valence-electron chi connectivity index (χ4n) is 1.67. The molecule has 0 saturated carbocycles. The third kappa shape index (κ3) is 2.45. The number of rotatable bonds is 3. The largest absolute Gasteiger partial charge is 0.359 e. The topological polar surface area (TPSA) is 61.4 Å². The minimum atomic E-state index is -0.0270. The van der Waals surface area contributed by atoms with Gasteiger partial charge in [-0.2, -0.15) is 0 Å². The van der Waals surface area contributed by atoms with Gasteiger partial charge in [-0.25, -0.2) is 0 Å². The van der Waals surface area contributed by atoms with Crippen molar-refractivity contribution >= 4 is 11.8 Å². The van der Waals surface area contributed by atoms with Gasteiger partial charge in [-0.3, -0.25) is 9.59 Å². The van der Waals surface area contributed by atoms with Gasteiger partial charge in [0.25, 0.3) is 0 Å². The van der Waals surface area contributed by atoms with E-state index in [9.17, 15) is 9.59 Å². The Labute approximate surface area is 83.8 Å². The Balaban J connectivity index is 2.41. The van der Waals surface area contributed by atoms with Crippen molar-refractivity contribution in [2.75, 3.05) is 33.7 Å². The Morgan fingerprint density at radius 1 is 1.43 bits per heavy atom. The number of hydrogen-bond donors (Lipinski definition) is 2. The van der Waals surface area contributed by atoms with Crippen molar-refractivity contribution in [3.8, 4) is 0 Å². The lowest BCUT2D eigenvalue weighted by atomic mass is 10.1. The van der Waals surface area contributed by atoms with Crippen LogP contribution in [-0.4, -0.2) is 50.4 Å². The lowest BCUT2D eigenvalue weighted by molar-refractivity contribution is -0.129. The van der Waals surface area contributed by atoms with Gasteiger partial charge < -0.3 is 15.5 Å². The van der Waals surface area contributed by atoms with Crippen LogP contribution in [0.25, 0.3) is 0 Å². The van der Waals surface area contributed by atoms with Gasteiger partial charge in [0.2, 0.25) is 11.8 Å². The van der Waals surface area contributed by atoms with Crippen molar-refractivity contribution in [3.63, 3.8) is 0 Å². The van der Waals surface area contributed by atoms with Crippen LogP contribution in [0.2, 0.25) is 0 Å². The smallest absolute Gasteiger partial charge is 0.236 e. The van der Waals surface area contributed by atoms with E-state index in [1.807, 2.05) is 0 Å². The molecular weight excluding hydrogens is 182 g/mol.